The number of rotatable bonds is 3. The molecule has 1 aromatic carbocycles. The van der Waals surface area contributed by atoms with E-state index in [1.165, 1.54) is 30.3 Å². The molecule has 0 aliphatic rings. The summed E-state index contributed by atoms with van der Waals surface area (Å²) in [5.41, 5.74) is 0.583. The number of anilines is 2. The number of benzene rings is 1. The van der Waals surface area contributed by atoms with Crippen molar-refractivity contribution < 1.29 is 16.7 Å². The second-order valence-corrected chi connectivity index (χ2v) is 4.80. The molecule has 0 amide bonds. The minimum atomic E-state index is -4.74. The number of hydrogen-bond acceptors (Lipinski definition) is 4. The molecule has 7 heteroatoms. The third-order valence-electron chi connectivity index (χ3n) is 2.13. The summed E-state index contributed by atoms with van der Waals surface area (Å²) >= 11 is 0. The van der Waals surface area contributed by atoms with Gasteiger partial charge >= 0.3 is 10.2 Å². The molecule has 0 radical (unpaired) electrons. The van der Waals surface area contributed by atoms with Crippen LogP contribution in [0.3, 0.4) is 0 Å². The van der Waals surface area contributed by atoms with Crippen LogP contribution >= 0.6 is 0 Å². The van der Waals surface area contributed by atoms with E-state index in [1.54, 1.807) is 0 Å². The summed E-state index contributed by atoms with van der Waals surface area (Å²) in [5, 5.41) is 2.81. The van der Waals surface area contributed by atoms with E-state index < -0.39 is 15.1 Å². The van der Waals surface area contributed by atoms with E-state index in [1.807, 2.05) is 0 Å². The highest BCUT2D eigenvalue weighted by molar-refractivity contribution is 7.86. The Morgan fingerprint density at radius 3 is 2.22 bits per heavy atom. The molecule has 18 heavy (non-hydrogen) atoms. The maximum Gasteiger partial charge on any atom is 0.333 e. The quantitative estimate of drug-likeness (QED) is 0.871. The molecule has 1 heterocycles. The molecule has 1 N–H and O–H groups in total. The fourth-order valence-corrected chi connectivity index (χ4v) is 1.69. The number of pyridine rings is 1. The molecular weight excluding hydrogens is 262 g/mol. The molecule has 2 rings (SSSR count). The molecule has 4 nitrogen and oxygen atoms in total. The fraction of sp³-hybridized carbons (Fsp3) is 0. The summed E-state index contributed by atoms with van der Waals surface area (Å²) in [6.45, 7) is 0. The summed E-state index contributed by atoms with van der Waals surface area (Å²) in [6.07, 6.45) is 0.904. The van der Waals surface area contributed by atoms with Gasteiger partial charge in [0.25, 0.3) is 0 Å². The molecule has 0 spiro atoms. The first kappa shape index (κ1) is 12.4. The van der Waals surface area contributed by atoms with Gasteiger partial charge in [0.1, 0.15) is 16.5 Å². The van der Waals surface area contributed by atoms with E-state index in [0.717, 1.165) is 12.3 Å². The van der Waals surface area contributed by atoms with E-state index >= 15 is 0 Å². The van der Waals surface area contributed by atoms with Gasteiger partial charge < -0.3 is 5.32 Å². The van der Waals surface area contributed by atoms with Gasteiger partial charge in [-0.25, -0.2) is 9.37 Å². The predicted molar refractivity (Wildman–Crippen MR) is 62.2 cm³/mol. The van der Waals surface area contributed by atoms with E-state index in [0.29, 0.717) is 11.5 Å². The summed E-state index contributed by atoms with van der Waals surface area (Å²) < 4.78 is 46.4. The maximum absolute atomic E-state index is 12.7. The lowest BCUT2D eigenvalue weighted by Gasteiger charge is -2.05. The van der Waals surface area contributed by atoms with Crippen molar-refractivity contribution in [1.29, 1.82) is 0 Å². The highest BCUT2D eigenvalue weighted by atomic mass is 32.3. The van der Waals surface area contributed by atoms with Crippen molar-refractivity contribution in [1.82, 2.24) is 4.98 Å². The van der Waals surface area contributed by atoms with Crippen LogP contribution in [0.1, 0.15) is 0 Å². The van der Waals surface area contributed by atoms with Crippen LogP contribution in [0, 0.1) is 5.82 Å². The highest BCUT2D eigenvalue weighted by Crippen LogP contribution is 2.17. The van der Waals surface area contributed by atoms with E-state index in [4.69, 9.17) is 0 Å². The average molecular weight is 270 g/mol. The Balaban J connectivity index is 2.18. The third kappa shape index (κ3) is 3.01. The molecular formula is C11H8F2N2O2S. The molecule has 0 aliphatic heterocycles. The van der Waals surface area contributed by atoms with Gasteiger partial charge in [0.15, 0.2) is 0 Å². The minimum absolute atomic E-state index is 0.328. The van der Waals surface area contributed by atoms with Crippen molar-refractivity contribution >= 4 is 21.7 Å². The second-order valence-electron chi connectivity index (χ2n) is 3.45. The molecule has 0 fully saturated rings. The average Bonchev–Trinajstić information content (AvgIpc) is 2.32. The van der Waals surface area contributed by atoms with Crippen molar-refractivity contribution in [2.75, 3.05) is 5.32 Å². The molecule has 1 aromatic heterocycles. The Hall–Kier alpha value is -2.02. The van der Waals surface area contributed by atoms with Crippen LogP contribution in [0.15, 0.2) is 47.5 Å². The Kier molecular flexibility index (Phi) is 3.24. The van der Waals surface area contributed by atoms with Crippen molar-refractivity contribution in [2.24, 2.45) is 0 Å². The van der Waals surface area contributed by atoms with Crippen LogP contribution in [0.2, 0.25) is 0 Å². The van der Waals surface area contributed by atoms with Gasteiger partial charge in [-0.2, -0.15) is 8.42 Å². The smallest absolute Gasteiger partial charge is 0.333 e. The van der Waals surface area contributed by atoms with Crippen LogP contribution in [0.4, 0.5) is 19.8 Å². The van der Waals surface area contributed by atoms with E-state index in [-0.39, 0.29) is 5.82 Å². The second kappa shape index (κ2) is 4.69. The number of aromatic nitrogens is 1. The molecule has 2 aromatic rings. The zero-order valence-electron chi connectivity index (χ0n) is 8.97. The largest absolute Gasteiger partial charge is 0.340 e. The number of hydrogen-bond donors (Lipinski definition) is 1. The molecule has 94 valence electrons. The van der Waals surface area contributed by atoms with Crippen molar-refractivity contribution in [2.45, 2.75) is 4.90 Å². The molecule has 0 saturated carbocycles. The van der Waals surface area contributed by atoms with Crippen molar-refractivity contribution in [3.8, 4) is 0 Å². The summed E-state index contributed by atoms with van der Waals surface area (Å²) in [5.74, 6) is -0.0404. The van der Waals surface area contributed by atoms with Crippen LogP contribution in [-0.4, -0.2) is 13.4 Å². The van der Waals surface area contributed by atoms with E-state index in [9.17, 15) is 16.7 Å². The summed E-state index contributed by atoms with van der Waals surface area (Å²) in [7, 11) is -4.74. The fourth-order valence-electron chi connectivity index (χ4n) is 1.28. The molecule has 0 saturated heterocycles. The first-order valence-corrected chi connectivity index (χ1v) is 6.27. The molecule has 0 unspecified atom stereocenters. The van der Waals surface area contributed by atoms with E-state index in [2.05, 4.69) is 10.3 Å². The third-order valence-corrected chi connectivity index (χ3v) is 2.94. The number of nitrogens with one attached hydrogen (secondary N) is 1. The van der Waals surface area contributed by atoms with Crippen molar-refractivity contribution in [3.63, 3.8) is 0 Å². The SMILES string of the molecule is O=S(=O)(F)c1ccc(Nc2ccc(F)cc2)nc1. The molecule has 0 bridgehead atoms. The van der Waals surface area contributed by atoms with Crippen molar-refractivity contribution in [3.05, 3.63) is 48.4 Å². The summed E-state index contributed by atoms with van der Waals surface area (Å²) in [4.78, 5) is 3.23. The van der Waals surface area contributed by atoms with Gasteiger partial charge in [-0.1, -0.05) is 0 Å². The zero-order valence-corrected chi connectivity index (χ0v) is 9.79. The van der Waals surface area contributed by atoms with Gasteiger partial charge in [-0.05, 0) is 36.4 Å². The highest BCUT2D eigenvalue weighted by Gasteiger charge is 2.11. The molecule has 0 atom stereocenters. The van der Waals surface area contributed by atoms with Gasteiger partial charge in [-0.3, -0.25) is 0 Å². The van der Waals surface area contributed by atoms with Crippen LogP contribution in [-0.2, 0) is 10.2 Å². The molecule has 0 aliphatic carbocycles. The lowest BCUT2D eigenvalue weighted by atomic mass is 10.3. The van der Waals surface area contributed by atoms with Gasteiger partial charge in [0.2, 0.25) is 0 Å². The minimum Gasteiger partial charge on any atom is -0.340 e. The number of nitrogens with zero attached hydrogens (tertiary/aromatic N) is 1. The van der Waals surface area contributed by atoms with Gasteiger partial charge in [0, 0.05) is 5.69 Å². The van der Waals surface area contributed by atoms with Crippen LogP contribution in [0.5, 0.6) is 0 Å². The van der Waals surface area contributed by atoms with Crippen LogP contribution in [0.25, 0.3) is 0 Å². The Bertz CT molecular complexity index is 640. The topological polar surface area (TPSA) is 59.1 Å². The van der Waals surface area contributed by atoms with Gasteiger partial charge in [-0.15, -0.1) is 3.89 Å². The Morgan fingerprint density at radius 1 is 1.06 bits per heavy atom. The summed E-state index contributed by atoms with van der Waals surface area (Å²) in [6, 6.07) is 7.93. The maximum atomic E-state index is 12.7. The lowest BCUT2D eigenvalue weighted by Crippen LogP contribution is -1.97. The predicted octanol–water partition coefficient (Wildman–Crippen LogP) is 2.62. The standard InChI is InChI=1S/C11H8F2N2O2S/c12-8-1-3-9(4-2-8)15-11-6-5-10(7-14-11)18(13,16)17/h1-7H,(H,14,15). The number of halogens is 2. The Morgan fingerprint density at radius 2 is 1.72 bits per heavy atom. The monoisotopic (exact) mass is 270 g/mol. The zero-order chi connectivity index (χ0) is 13.2. The van der Waals surface area contributed by atoms with Gasteiger partial charge in [0.05, 0.1) is 6.20 Å². The van der Waals surface area contributed by atoms with Crippen LogP contribution < -0.4 is 5.32 Å². The lowest BCUT2D eigenvalue weighted by molar-refractivity contribution is 0.551. The normalized spacial score (nSPS) is 11.2. The first-order chi connectivity index (χ1) is 8.45. The first-order valence-electron chi connectivity index (χ1n) is 4.88. The Labute approximate surface area is 103 Å².